The molecule has 0 bridgehead atoms. The van der Waals surface area contributed by atoms with Crippen LogP contribution in [0.5, 0.6) is 11.5 Å². The average molecular weight is 364 g/mol. The van der Waals surface area contributed by atoms with Gasteiger partial charge in [-0.15, -0.1) is 0 Å². The number of phenols is 1. The molecule has 2 aromatic rings. The molecule has 10 heteroatoms. The fourth-order valence-corrected chi connectivity index (χ4v) is 2.62. The molecule has 0 aliphatic heterocycles. The Labute approximate surface area is 141 Å². The molecule has 1 heterocycles. The molecular weight excluding hydrogens is 347 g/mol. The second-order valence-corrected chi connectivity index (χ2v) is 5.75. The van der Waals surface area contributed by atoms with Gasteiger partial charge in [0, 0.05) is 11.2 Å². The van der Waals surface area contributed by atoms with Crippen LogP contribution in [0.2, 0.25) is 0 Å². The summed E-state index contributed by atoms with van der Waals surface area (Å²) in [5.74, 6) is 0.628. The van der Waals surface area contributed by atoms with Crippen molar-refractivity contribution in [1.29, 1.82) is 0 Å². The van der Waals surface area contributed by atoms with E-state index in [0.717, 1.165) is 22.1 Å². The Balaban J connectivity index is 0.000000505. The van der Waals surface area contributed by atoms with Crippen molar-refractivity contribution in [3.63, 3.8) is 0 Å². The van der Waals surface area contributed by atoms with Crippen LogP contribution in [0.3, 0.4) is 0 Å². The molecule has 1 aromatic carbocycles. The summed E-state index contributed by atoms with van der Waals surface area (Å²) in [5.41, 5.74) is 0.923. The molecule has 1 N–H and O–H groups in total. The van der Waals surface area contributed by atoms with Crippen LogP contribution in [-0.2, 0) is 6.54 Å². The highest BCUT2D eigenvalue weighted by Gasteiger charge is 2.20. The van der Waals surface area contributed by atoms with Gasteiger partial charge >= 0.3 is 7.25 Å². The van der Waals surface area contributed by atoms with E-state index in [1.54, 1.807) is 23.5 Å². The lowest BCUT2D eigenvalue weighted by atomic mass is 10.2. The molecule has 0 aliphatic rings. The predicted octanol–water partition coefficient (Wildman–Crippen LogP) is 3.94. The lowest BCUT2D eigenvalue weighted by Gasteiger charge is -2.02. The summed E-state index contributed by atoms with van der Waals surface area (Å²) < 4.78 is 46.0. The zero-order chi connectivity index (χ0) is 18.3. The van der Waals surface area contributed by atoms with Gasteiger partial charge in [0.1, 0.15) is 0 Å². The minimum atomic E-state index is -6.00. The summed E-state index contributed by atoms with van der Waals surface area (Å²) in [6, 6.07) is 5.33. The summed E-state index contributed by atoms with van der Waals surface area (Å²) in [5, 5.41) is 16.3. The minimum absolute atomic E-state index is 0.147. The normalized spacial score (nSPS) is 11.3. The first-order valence-electron chi connectivity index (χ1n) is 6.94. The second kappa shape index (κ2) is 8.67. The van der Waals surface area contributed by atoms with Crippen LogP contribution in [0.25, 0.3) is 12.2 Å². The lowest BCUT2D eigenvalue weighted by Crippen LogP contribution is -2.36. The maximum atomic E-state index is 9.75. The van der Waals surface area contributed by atoms with Crippen molar-refractivity contribution in [2.45, 2.75) is 20.4 Å². The summed E-state index contributed by atoms with van der Waals surface area (Å²) in [4.78, 5) is 0. The van der Waals surface area contributed by atoms with Crippen molar-refractivity contribution < 1.29 is 31.8 Å². The van der Waals surface area contributed by atoms with E-state index in [0.29, 0.717) is 5.75 Å². The summed E-state index contributed by atoms with van der Waals surface area (Å²) in [6.45, 7) is 4.90. The average Bonchev–Trinajstić information content (AvgIpc) is 2.83. The molecule has 0 amide bonds. The first kappa shape index (κ1) is 20.0. The number of aryl methyl sites for hydroxylation is 2. The fourth-order valence-electron chi connectivity index (χ4n) is 1.77. The molecular formula is C14H17BF4N2O2S. The number of ether oxygens (including phenoxy) is 1. The SMILES string of the molecule is CC[n+]1nc(C)sc1/C=C/c1ccc(OC)c(O)c1.F[B-](F)(F)F. The summed E-state index contributed by atoms with van der Waals surface area (Å²) in [6.07, 6.45) is 3.97. The number of hydrogen-bond donors (Lipinski definition) is 1. The van der Waals surface area contributed by atoms with E-state index in [1.807, 2.05) is 29.8 Å². The molecule has 132 valence electrons. The van der Waals surface area contributed by atoms with E-state index in [2.05, 4.69) is 12.0 Å². The Morgan fingerprint density at radius 3 is 2.42 bits per heavy atom. The summed E-state index contributed by atoms with van der Waals surface area (Å²) >= 11 is 1.65. The van der Waals surface area contributed by atoms with Gasteiger partial charge in [-0.25, -0.2) is 0 Å². The number of methoxy groups -OCH3 is 1. The van der Waals surface area contributed by atoms with Crippen molar-refractivity contribution in [3.05, 3.63) is 33.8 Å². The number of phenolic OH excluding ortho intramolecular Hbond substituents is 1. The van der Waals surface area contributed by atoms with Crippen LogP contribution in [0.15, 0.2) is 18.2 Å². The molecule has 0 unspecified atom stereocenters. The Bertz CT molecular complexity index is 699. The Hall–Kier alpha value is -2.10. The highest BCUT2D eigenvalue weighted by molar-refractivity contribution is 7.11. The van der Waals surface area contributed by atoms with Crippen molar-refractivity contribution in [3.8, 4) is 11.5 Å². The third-order valence-corrected chi connectivity index (χ3v) is 3.62. The number of aromatic nitrogens is 2. The fraction of sp³-hybridized carbons (Fsp3) is 0.286. The Morgan fingerprint density at radius 2 is 1.92 bits per heavy atom. The predicted molar refractivity (Wildman–Crippen MR) is 86.5 cm³/mol. The molecule has 4 nitrogen and oxygen atoms in total. The monoisotopic (exact) mass is 364 g/mol. The van der Waals surface area contributed by atoms with Gasteiger partial charge in [-0.1, -0.05) is 10.7 Å². The van der Waals surface area contributed by atoms with E-state index >= 15 is 0 Å². The quantitative estimate of drug-likeness (QED) is 0.508. The largest absolute Gasteiger partial charge is 0.673 e. The van der Waals surface area contributed by atoms with Crippen LogP contribution in [0, 0.1) is 6.92 Å². The molecule has 0 aliphatic carbocycles. The lowest BCUT2D eigenvalue weighted by molar-refractivity contribution is -0.747. The summed E-state index contributed by atoms with van der Waals surface area (Å²) in [7, 11) is -4.46. The topological polar surface area (TPSA) is 46.2 Å². The van der Waals surface area contributed by atoms with Gasteiger partial charge in [-0.2, -0.15) is 0 Å². The van der Waals surface area contributed by atoms with Crippen LogP contribution < -0.4 is 9.42 Å². The number of nitrogens with zero attached hydrogens (tertiary/aromatic N) is 2. The van der Waals surface area contributed by atoms with Crippen molar-refractivity contribution in [2.75, 3.05) is 7.11 Å². The maximum Gasteiger partial charge on any atom is 0.673 e. The maximum absolute atomic E-state index is 9.75. The minimum Gasteiger partial charge on any atom is -0.504 e. The van der Waals surface area contributed by atoms with E-state index in [4.69, 9.17) is 4.74 Å². The molecule has 0 saturated carbocycles. The zero-order valence-corrected chi connectivity index (χ0v) is 14.2. The van der Waals surface area contributed by atoms with Gasteiger partial charge in [-0.05, 0) is 49.0 Å². The van der Waals surface area contributed by atoms with Gasteiger partial charge in [0.15, 0.2) is 23.1 Å². The smallest absolute Gasteiger partial charge is 0.504 e. The molecule has 0 radical (unpaired) electrons. The van der Waals surface area contributed by atoms with Gasteiger partial charge in [0.2, 0.25) is 0 Å². The number of halogens is 4. The van der Waals surface area contributed by atoms with Crippen LogP contribution >= 0.6 is 11.3 Å². The van der Waals surface area contributed by atoms with Gasteiger partial charge in [0.05, 0.1) is 7.11 Å². The van der Waals surface area contributed by atoms with Gasteiger partial charge in [0.25, 0.3) is 5.01 Å². The van der Waals surface area contributed by atoms with Crippen LogP contribution in [-0.4, -0.2) is 24.6 Å². The van der Waals surface area contributed by atoms with Crippen molar-refractivity contribution in [1.82, 2.24) is 5.10 Å². The first-order valence-corrected chi connectivity index (χ1v) is 7.75. The Morgan fingerprint density at radius 1 is 1.29 bits per heavy atom. The van der Waals surface area contributed by atoms with Gasteiger partial charge < -0.3 is 27.1 Å². The van der Waals surface area contributed by atoms with E-state index in [9.17, 15) is 22.4 Å². The van der Waals surface area contributed by atoms with Crippen molar-refractivity contribution in [2.24, 2.45) is 0 Å². The molecule has 24 heavy (non-hydrogen) atoms. The Kier molecular flexibility index (Phi) is 7.21. The van der Waals surface area contributed by atoms with E-state index < -0.39 is 7.25 Å². The molecule has 0 atom stereocenters. The number of benzene rings is 1. The number of aromatic hydroxyl groups is 1. The number of hydrogen-bond acceptors (Lipinski definition) is 4. The molecule has 0 spiro atoms. The highest BCUT2D eigenvalue weighted by atomic mass is 32.1. The molecule has 2 rings (SSSR count). The zero-order valence-electron chi connectivity index (χ0n) is 13.3. The first-order chi connectivity index (χ1) is 11.1. The third kappa shape index (κ3) is 6.99. The molecule has 0 fully saturated rings. The van der Waals surface area contributed by atoms with E-state index in [-0.39, 0.29) is 5.75 Å². The number of rotatable bonds is 4. The van der Waals surface area contributed by atoms with Crippen LogP contribution in [0.1, 0.15) is 22.5 Å². The van der Waals surface area contributed by atoms with Crippen molar-refractivity contribution >= 4 is 30.7 Å². The molecule has 1 aromatic heterocycles. The second-order valence-electron chi connectivity index (χ2n) is 4.53. The van der Waals surface area contributed by atoms with Gasteiger partial charge in [-0.3, -0.25) is 0 Å². The van der Waals surface area contributed by atoms with E-state index in [1.165, 1.54) is 7.11 Å². The van der Waals surface area contributed by atoms with Crippen LogP contribution in [0.4, 0.5) is 17.3 Å². The highest BCUT2D eigenvalue weighted by Crippen LogP contribution is 2.27. The third-order valence-electron chi connectivity index (χ3n) is 2.69. The molecule has 0 saturated heterocycles. The standard InChI is InChI=1S/C14H16N2O2S.BF4/c1-4-16-14(19-10(2)15-16)8-6-11-5-7-13(18-3)12(17)9-11;2-1(3,4)5/h5-9H,4H2,1-3H3;/q;-1/p+1/b8-6+;.